The highest BCUT2D eigenvalue weighted by molar-refractivity contribution is 5.81. The maximum atomic E-state index is 12.0. The molecule has 8 heteroatoms. The molecule has 1 atom stereocenters. The van der Waals surface area contributed by atoms with Crippen molar-refractivity contribution >= 4 is 17.6 Å². The SMILES string of the molecule is CN=C(NCc1ccccc1[N+](=O)[O-])NC1CCN(C(=O)C(C)C)C1. The summed E-state index contributed by atoms with van der Waals surface area (Å²) >= 11 is 0. The quantitative estimate of drug-likeness (QED) is 0.364. The fourth-order valence-electron chi connectivity index (χ4n) is 2.85. The normalized spacial score (nSPS) is 17.7. The van der Waals surface area contributed by atoms with Gasteiger partial charge in [-0.05, 0) is 6.42 Å². The molecule has 1 aliphatic heterocycles. The maximum Gasteiger partial charge on any atom is 0.274 e. The largest absolute Gasteiger partial charge is 0.352 e. The molecular weight excluding hydrogens is 322 g/mol. The summed E-state index contributed by atoms with van der Waals surface area (Å²) in [6.45, 7) is 5.48. The van der Waals surface area contributed by atoms with Crippen LogP contribution in [0.1, 0.15) is 25.8 Å². The van der Waals surface area contributed by atoms with Gasteiger partial charge in [0.1, 0.15) is 0 Å². The Morgan fingerprint density at radius 3 is 2.80 bits per heavy atom. The van der Waals surface area contributed by atoms with Crippen molar-refractivity contribution in [2.24, 2.45) is 10.9 Å². The Labute approximate surface area is 147 Å². The standard InChI is InChI=1S/C17H25N5O3/c1-12(2)16(23)21-9-8-14(11-21)20-17(18-3)19-10-13-6-4-5-7-15(13)22(24)25/h4-7,12,14H,8-11H2,1-3H3,(H2,18,19,20). The van der Waals surface area contributed by atoms with Crippen molar-refractivity contribution in [3.05, 3.63) is 39.9 Å². The topological polar surface area (TPSA) is 99.9 Å². The van der Waals surface area contributed by atoms with Crippen LogP contribution in [0.3, 0.4) is 0 Å². The van der Waals surface area contributed by atoms with Gasteiger partial charge < -0.3 is 15.5 Å². The highest BCUT2D eigenvalue weighted by Gasteiger charge is 2.28. The van der Waals surface area contributed by atoms with E-state index in [0.717, 1.165) is 13.0 Å². The van der Waals surface area contributed by atoms with E-state index in [4.69, 9.17) is 0 Å². The summed E-state index contributed by atoms with van der Waals surface area (Å²) in [6, 6.07) is 6.75. The number of amides is 1. The van der Waals surface area contributed by atoms with Crippen molar-refractivity contribution in [3.63, 3.8) is 0 Å². The molecule has 1 aromatic rings. The van der Waals surface area contributed by atoms with Crippen LogP contribution in [-0.2, 0) is 11.3 Å². The molecule has 1 aromatic carbocycles. The van der Waals surface area contributed by atoms with E-state index < -0.39 is 0 Å². The maximum absolute atomic E-state index is 12.0. The van der Waals surface area contributed by atoms with Gasteiger partial charge >= 0.3 is 0 Å². The fraction of sp³-hybridized carbons (Fsp3) is 0.529. The summed E-state index contributed by atoms with van der Waals surface area (Å²) in [6.07, 6.45) is 0.852. The molecule has 25 heavy (non-hydrogen) atoms. The molecule has 1 aliphatic rings. The molecular formula is C17H25N5O3. The summed E-state index contributed by atoms with van der Waals surface area (Å²) in [7, 11) is 1.65. The molecule has 0 spiro atoms. The van der Waals surface area contributed by atoms with Crippen LogP contribution >= 0.6 is 0 Å². The van der Waals surface area contributed by atoms with E-state index in [2.05, 4.69) is 15.6 Å². The van der Waals surface area contributed by atoms with Gasteiger partial charge in [-0.3, -0.25) is 19.9 Å². The van der Waals surface area contributed by atoms with Crippen LogP contribution in [0.5, 0.6) is 0 Å². The van der Waals surface area contributed by atoms with Crippen molar-refractivity contribution < 1.29 is 9.72 Å². The second-order valence-corrected chi connectivity index (χ2v) is 6.38. The van der Waals surface area contributed by atoms with Crippen molar-refractivity contribution in [3.8, 4) is 0 Å². The van der Waals surface area contributed by atoms with Crippen LogP contribution < -0.4 is 10.6 Å². The van der Waals surface area contributed by atoms with E-state index in [1.165, 1.54) is 6.07 Å². The predicted molar refractivity (Wildman–Crippen MR) is 96.3 cm³/mol. The van der Waals surface area contributed by atoms with Crippen LogP contribution in [0.2, 0.25) is 0 Å². The summed E-state index contributed by atoms with van der Waals surface area (Å²) in [4.78, 5) is 28.7. The number of nitrogens with zero attached hydrogens (tertiary/aromatic N) is 3. The molecule has 1 amide bonds. The Hall–Kier alpha value is -2.64. The average molecular weight is 347 g/mol. The number of para-hydroxylation sites is 1. The Morgan fingerprint density at radius 1 is 1.44 bits per heavy atom. The lowest BCUT2D eigenvalue weighted by Crippen LogP contribution is -2.45. The van der Waals surface area contributed by atoms with E-state index >= 15 is 0 Å². The number of likely N-dealkylation sites (tertiary alicyclic amines) is 1. The molecule has 0 radical (unpaired) electrons. The smallest absolute Gasteiger partial charge is 0.274 e. The molecule has 1 saturated heterocycles. The number of nitro benzene ring substituents is 1. The van der Waals surface area contributed by atoms with Crippen LogP contribution in [0.4, 0.5) is 5.69 Å². The lowest BCUT2D eigenvalue weighted by Gasteiger charge is -2.20. The second kappa shape index (κ2) is 8.46. The molecule has 1 fully saturated rings. The highest BCUT2D eigenvalue weighted by atomic mass is 16.6. The van der Waals surface area contributed by atoms with Gasteiger partial charge in [0, 0.05) is 50.3 Å². The monoisotopic (exact) mass is 347 g/mol. The van der Waals surface area contributed by atoms with Gasteiger partial charge in [0.2, 0.25) is 5.91 Å². The molecule has 8 nitrogen and oxygen atoms in total. The second-order valence-electron chi connectivity index (χ2n) is 6.38. The summed E-state index contributed by atoms with van der Waals surface area (Å²) in [5.41, 5.74) is 0.679. The summed E-state index contributed by atoms with van der Waals surface area (Å²) in [5.74, 6) is 0.726. The summed E-state index contributed by atoms with van der Waals surface area (Å²) in [5, 5.41) is 17.5. The zero-order chi connectivity index (χ0) is 18.4. The molecule has 0 saturated carbocycles. The van der Waals surface area contributed by atoms with Crippen LogP contribution in [0.15, 0.2) is 29.3 Å². The number of rotatable bonds is 5. The van der Waals surface area contributed by atoms with Gasteiger partial charge in [-0.2, -0.15) is 0 Å². The van der Waals surface area contributed by atoms with Gasteiger partial charge in [-0.1, -0.05) is 32.0 Å². The van der Waals surface area contributed by atoms with Gasteiger partial charge in [0.25, 0.3) is 5.69 Å². The van der Waals surface area contributed by atoms with E-state index in [9.17, 15) is 14.9 Å². The molecule has 0 aromatic heterocycles. The molecule has 0 bridgehead atoms. The zero-order valence-corrected chi connectivity index (χ0v) is 14.9. The Bertz CT molecular complexity index is 659. The summed E-state index contributed by atoms with van der Waals surface area (Å²) < 4.78 is 0. The third-order valence-electron chi connectivity index (χ3n) is 4.19. The first-order chi connectivity index (χ1) is 11.9. The first kappa shape index (κ1) is 18.7. The third-order valence-corrected chi connectivity index (χ3v) is 4.19. The van der Waals surface area contributed by atoms with Gasteiger partial charge in [0.15, 0.2) is 5.96 Å². The fourth-order valence-corrected chi connectivity index (χ4v) is 2.85. The molecule has 1 heterocycles. The predicted octanol–water partition coefficient (Wildman–Crippen LogP) is 1.52. The number of nitrogens with one attached hydrogen (secondary N) is 2. The number of benzene rings is 1. The molecule has 2 N–H and O–H groups in total. The Balaban J connectivity index is 1.90. The lowest BCUT2D eigenvalue weighted by atomic mass is 10.2. The van der Waals surface area contributed by atoms with Gasteiger partial charge in [0.05, 0.1) is 4.92 Å². The molecule has 1 unspecified atom stereocenters. The Kier molecular flexibility index (Phi) is 6.32. The Morgan fingerprint density at radius 2 is 2.16 bits per heavy atom. The molecule has 136 valence electrons. The number of aliphatic imine (C=N–C) groups is 1. The number of carbonyl (C=O) groups excluding carboxylic acids is 1. The van der Waals surface area contributed by atoms with Crippen LogP contribution in [0.25, 0.3) is 0 Å². The lowest BCUT2D eigenvalue weighted by molar-refractivity contribution is -0.385. The highest BCUT2D eigenvalue weighted by Crippen LogP contribution is 2.17. The van der Waals surface area contributed by atoms with Crippen LogP contribution in [-0.4, -0.2) is 47.9 Å². The van der Waals surface area contributed by atoms with Crippen molar-refractivity contribution in [2.75, 3.05) is 20.1 Å². The zero-order valence-electron chi connectivity index (χ0n) is 14.9. The third kappa shape index (κ3) is 4.91. The van der Waals surface area contributed by atoms with E-state index in [1.807, 2.05) is 18.7 Å². The van der Waals surface area contributed by atoms with E-state index in [-0.39, 0.29) is 28.5 Å². The van der Waals surface area contributed by atoms with Crippen molar-refractivity contribution in [1.29, 1.82) is 0 Å². The van der Waals surface area contributed by atoms with Gasteiger partial charge in [-0.25, -0.2) is 0 Å². The van der Waals surface area contributed by atoms with E-state index in [0.29, 0.717) is 24.6 Å². The van der Waals surface area contributed by atoms with E-state index in [1.54, 1.807) is 25.2 Å². The average Bonchev–Trinajstić information content (AvgIpc) is 3.06. The minimum atomic E-state index is -0.389. The molecule has 2 rings (SSSR count). The first-order valence-electron chi connectivity index (χ1n) is 8.40. The number of carbonyl (C=O) groups is 1. The molecule has 0 aliphatic carbocycles. The number of nitro groups is 1. The van der Waals surface area contributed by atoms with Gasteiger partial charge in [-0.15, -0.1) is 0 Å². The minimum absolute atomic E-state index is 0.00480. The number of hydrogen-bond acceptors (Lipinski definition) is 4. The minimum Gasteiger partial charge on any atom is -0.352 e. The van der Waals surface area contributed by atoms with Crippen molar-refractivity contribution in [2.45, 2.75) is 32.9 Å². The number of hydrogen-bond donors (Lipinski definition) is 2. The van der Waals surface area contributed by atoms with Crippen LogP contribution in [0, 0.1) is 16.0 Å². The first-order valence-corrected chi connectivity index (χ1v) is 8.40. The van der Waals surface area contributed by atoms with Crippen molar-refractivity contribution in [1.82, 2.24) is 15.5 Å². The number of guanidine groups is 1.